The van der Waals surface area contributed by atoms with Gasteiger partial charge in [-0.2, -0.15) is 0 Å². The Morgan fingerprint density at radius 1 is 0.714 bits per heavy atom. The number of nitrogens with one attached hydrogen (secondary N) is 1. The van der Waals surface area contributed by atoms with Gasteiger partial charge < -0.3 is 0 Å². The highest BCUT2D eigenvalue weighted by molar-refractivity contribution is 7.91. The molecule has 0 saturated carbocycles. The van der Waals surface area contributed by atoms with Gasteiger partial charge >= 0.3 is 0 Å². The number of hydrogen-bond donors (Lipinski definition) is 1. The summed E-state index contributed by atoms with van der Waals surface area (Å²) < 4.78 is 53.1. The molecule has 8 heteroatoms. The van der Waals surface area contributed by atoms with Crippen LogP contribution in [0.2, 0.25) is 5.02 Å². The van der Waals surface area contributed by atoms with Crippen LogP contribution in [0.15, 0.2) is 93.5 Å². The predicted molar refractivity (Wildman–Crippen MR) is 109 cm³/mol. The SMILES string of the molecule is O=S(=O)(NCCc1ccccc1Cl)c1cccc(S(=O)(=O)c2ccccc2)c1. The molecule has 3 aromatic rings. The summed E-state index contributed by atoms with van der Waals surface area (Å²) >= 11 is 6.08. The first-order valence-corrected chi connectivity index (χ1v) is 11.8. The smallest absolute Gasteiger partial charge is 0.219 e. The summed E-state index contributed by atoms with van der Waals surface area (Å²) in [6, 6.07) is 20.4. The monoisotopic (exact) mass is 435 g/mol. The first-order valence-electron chi connectivity index (χ1n) is 8.44. The molecule has 3 aromatic carbocycles. The van der Waals surface area contributed by atoms with Crippen LogP contribution in [-0.2, 0) is 26.3 Å². The Labute approximate surface area is 170 Å². The van der Waals surface area contributed by atoms with Gasteiger partial charge in [0.2, 0.25) is 19.9 Å². The molecule has 0 heterocycles. The topological polar surface area (TPSA) is 80.3 Å². The van der Waals surface area contributed by atoms with Gasteiger partial charge in [-0.25, -0.2) is 21.6 Å². The highest BCUT2D eigenvalue weighted by Gasteiger charge is 2.21. The number of sulfonamides is 1. The number of benzene rings is 3. The molecular formula is C20H18ClNO4S2. The standard InChI is InChI=1S/C20H18ClNO4S2/c21-20-12-5-4-7-16(20)13-14-22-28(25,26)19-11-6-10-18(15-19)27(23,24)17-8-2-1-3-9-17/h1-12,15,22H,13-14H2. The van der Waals surface area contributed by atoms with Crippen molar-refractivity contribution in [2.24, 2.45) is 0 Å². The Kier molecular flexibility index (Phi) is 6.20. The molecule has 5 nitrogen and oxygen atoms in total. The summed E-state index contributed by atoms with van der Waals surface area (Å²) in [7, 11) is -7.67. The van der Waals surface area contributed by atoms with Crippen molar-refractivity contribution < 1.29 is 16.8 Å². The Hall–Kier alpha value is -2.19. The molecule has 28 heavy (non-hydrogen) atoms. The van der Waals surface area contributed by atoms with Gasteiger partial charge in [0, 0.05) is 11.6 Å². The molecule has 0 fully saturated rings. The van der Waals surface area contributed by atoms with Gasteiger partial charge in [0.05, 0.1) is 14.7 Å². The fourth-order valence-corrected chi connectivity index (χ4v) is 5.36. The normalized spacial score (nSPS) is 12.0. The van der Waals surface area contributed by atoms with Crippen LogP contribution in [0.25, 0.3) is 0 Å². The van der Waals surface area contributed by atoms with Crippen molar-refractivity contribution in [1.82, 2.24) is 4.72 Å². The lowest BCUT2D eigenvalue weighted by Gasteiger charge is -2.10. The first kappa shape index (κ1) is 20.5. The van der Waals surface area contributed by atoms with E-state index in [0.717, 1.165) is 5.56 Å². The van der Waals surface area contributed by atoms with Gasteiger partial charge in [0.1, 0.15) is 0 Å². The molecule has 0 aliphatic carbocycles. The average molecular weight is 436 g/mol. The largest absolute Gasteiger partial charge is 0.240 e. The van der Waals surface area contributed by atoms with Crippen molar-refractivity contribution in [3.05, 3.63) is 89.4 Å². The van der Waals surface area contributed by atoms with Crippen molar-refractivity contribution in [3.8, 4) is 0 Å². The van der Waals surface area contributed by atoms with Gasteiger partial charge in [-0.1, -0.05) is 54.1 Å². The Bertz CT molecular complexity index is 1180. The lowest BCUT2D eigenvalue weighted by molar-refractivity contribution is 0.581. The van der Waals surface area contributed by atoms with Crippen molar-refractivity contribution in [2.45, 2.75) is 21.1 Å². The third kappa shape index (κ3) is 4.62. The second-order valence-electron chi connectivity index (χ2n) is 6.03. The zero-order valence-electron chi connectivity index (χ0n) is 14.7. The molecule has 1 N–H and O–H groups in total. The highest BCUT2D eigenvalue weighted by atomic mass is 35.5. The highest BCUT2D eigenvalue weighted by Crippen LogP contribution is 2.23. The summed E-state index contributed by atoms with van der Waals surface area (Å²) in [5, 5.41) is 0.567. The Balaban J connectivity index is 1.80. The van der Waals surface area contributed by atoms with Crippen molar-refractivity contribution in [2.75, 3.05) is 6.54 Å². The summed E-state index contributed by atoms with van der Waals surface area (Å²) in [5.41, 5.74) is 0.826. The fourth-order valence-electron chi connectivity index (χ4n) is 2.65. The fraction of sp³-hybridized carbons (Fsp3) is 0.100. The summed E-state index contributed by atoms with van der Waals surface area (Å²) in [6.45, 7) is 0.141. The molecule has 0 spiro atoms. The van der Waals surface area contributed by atoms with Crippen LogP contribution in [0, 0.1) is 0 Å². The van der Waals surface area contributed by atoms with E-state index in [0.29, 0.717) is 11.4 Å². The molecule has 0 atom stereocenters. The van der Waals surface area contributed by atoms with Gasteiger partial charge in [-0.05, 0) is 48.4 Å². The molecule has 146 valence electrons. The second-order valence-corrected chi connectivity index (χ2v) is 10.2. The van der Waals surface area contributed by atoms with E-state index >= 15 is 0 Å². The maximum atomic E-state index is 12.7. The lowest BCUT2D eigenvalue weighted by Crippen LogP contribution is -2.26. The van der Waals surface area contributed by atoms with Crippen LogP contribution in [-0.4, -0.2) is 23.4 Å². The molecule has 3 rings (SSSR count). The van der Waals surface area contributed by atoms with E-state index in [1.165, 1.54) is 36.4 Å². The predicted octanol–water partition coefficient (Wildman–Crippen LogP) is 3.69. The molecular weight excluding hydrogens is 418 g/mol. The number of rotatable bonds is 7. The molecule has 0 aliphatic heterocycles. The van der Waals surface area contributed by atoms with E-state index in [2.05, 4.69) is 4.72 Å². The van der Waals surface area contributed by atoms with Crippen molar-refractivity contribution in [3.63, 3.8) is 0 Å². The first-order chi connectivity index (χ1) is 13.3. The zero-order chi connectivity index (χ0) is 20.2. The van der Waals surface area contributed by atoms with E-state index in [9.17, 15) is 16.8 Å². The third-order valence-corrected chi connectivity index (χ3v) is 7.72. The summed E-state index contributed by atoms with van der Waals surface area (Å²) in [4.78, 5) is -0.0763. The zero-order valence-corrected chi connectivity index (χ0v) is 17.1. The third-order valence-electron chi connectivity index (χ3n) is 4.12. The van der Waals surface area contributed by atoms with E-state index in [4.69, 9.17) is 11.6 Å². The van der Waals surface area contributed by atoms with E-state index in [-0.39, 0.29) is 21.2 Å². The lowest BCUT2D eigenvalue weighted by atomic mass is 10.1. The minimum Gasteiger partial charge on any atom is -0.219 e. The van der Waals surface area contributed by atoms with Crippen LogP contribution in [0.4, 0.5) is 0 Å². The molecule has 0 amide bonds. The van der Waals surface area contributed by atoms with E-state index in [1.54, 1.807) is 30.3 Å². The van der Waals surface area contributed by atoms with Crippen LogP contribution in [0.1, 0.15) is 5.56 Å². The number of sulfone groups is 1. The minimum absolute atomic E-state index is 0.0762. The Morgan fingerprint density at radius 2 is 1.32 bits per heavy atom. The molecule has 0 radical (unpaired) electrons. The molecule has 0 saturated heterocycles. The van der Waals surface area contributed by atoms with Crippen molar-refractivity contribution >= 4 is 31.5 Å². The molecule has 0 aromatic heterocycles. The van der Waals surface area contributed by atoms with Crippen LogP contribution in [0.5, 0.6) is 0 Å². The van der Waals surface area contributed by atoms with Gasteiger partial charge in [-0.3, -0.25) is 0 Å². The maximum absolute atomic E-state index is 12.7. The van der Waals surface area contributed by atoms with Gasteiger partial charge in [0.15, 0.2) is 0 Å². The van der Waals surface area contributed by atoms with Crippen molar-refractivity contribution in [1.29, 1.82) is 0 Å². The maximum Gasteiger partial charge on any atom is 0.240 e. The van der Waals surface area contributed by atoms with Crippen LogP contribution < -0.4 is 4.72 Å². The molecule has 0 bridgehead atoms. The second kappa shape index (κ2) is 8.45. The minimum atomic E-state index is -3.87. The summed E-state index contributed by atoms with van der Waals surface area (Å²) in [6.07, 6.45) is 0.418. The number of hydrogen-bond acceptors (Lipinski definition) is 4. The molecule has 0 aliphatic rings. The quantitative estimate of drug-likeness (QED) is 0.613. The van der Waals surface area contributed by atoms with E-state index < -0.39 is 19.9 Å². The van der Waals surface area contributed by atoms with Gasteiger partial charge in [0.25, 0.3) is 0 Å². The Morgan fingerprint density at radius 3 is 2.04 bits per heavy atom. The molecule has 0 unspecified atom stereocenters. The van der Waals surface area contributed by atoms with Crippen LogP contribution >= 0.6 is 11.6 Å². The average Bonchev–Trinajstić information content (AvgIpc) is 2.70. The summed E-state index contributed by atoms with van der Waals surface area (Å²) in [5.74, 6) is 0. The van der Waals surface area contributed by atoms with Gasteiger partial charge in [-0.15, -0.1) is 0 Å². The van der Waals surface area contributed by atoms with E-state index in [1.807, 2.05) is 12.1 Å². The number of halogens is 1. The van der Waals surface area contributed by atoms with Crippen LogP contribution in [0.3, 0.4) is 0 Å².